The summed E-state index contributed by atoms with van der Waals surface area (Å²) < 4.78 is 5.49. The molecule has 0 aromatic heterocycles. The number of rotatable bonds is 4. The first-order chi connectivity index (χ1) is 9.20. The van der Waals surface area contributed by atoms with Crippen LogP contribution in [-0.2, 0) is 14.3 Å². The Morgan fingerprint density at radius 3 is 2.58 bits per heavy atom. The maximum absolute atomic E-state index is 12.0. The second kappa shape index (κ2) is 6.89. The number of nitrogens with zero attached hydrogens (tertiary/aromatic N) is 1. The smallest absolute Gasteiger partial charge is 0.223 e. The second-order valence-electron chi connectivity index (χ2n) is 5.39. The molecule has 2 saturated heterocycles. The Bertz CT molecular complexity index is 319. The van der Waals surface area contributed by atoms with Crippen molar-refractivity contribution < 1.29 is 14.3 Å². The van der Waals surface area contributed by atoms with Crippen molar-refractivity contribution in [3.63, 3.8) is 0 Å². The SMILES string of the molecule is CCC(=O)N1CCC(C(=O)NCC2CCCO2)CC1. The predicted molar refractivity (Wildman–Crippen MR) is 71.6 cm³/mol. The lowest BCUT2D eigenvalue weighted by atomic mass is 9.95. The number of hydrogen-bond donors (Lipinski definition) is 1. The monoisotopic (exact) mass is 268 g/mol. The van der Waals surface area contributed by atoms with Crippen LogP contribution in [0.4, 0.5) is 0 Å². The molecular weight excluding hydrogens is 244 g/mol. The standard InChI is InChI=1S/C14H24N2O3/c1-2-13(17)16-7-5-11(6-8-16)14(18)15-10-12-4-3-9-19-12/h11-12H,2-10H2,1H3,(H,15,18). The minimum absolute atomic E-state index is 0.0577. The van der Waals surface area contributed by atoms with Gasteiger partial charge in [0.15, 0.2) is 0 Å². The van der Waals surface area contributed by atoms with Crippen LogP contribution >= 0.6 is 0 Å². The number of ether oxygens (including phenoxy) is 1. The molecule has 0 bridgehead atoms. The van der Waals surface area contributed by atoms with E-state index in [1.807, 2.05) is 11.8 Å². The molecule has 19 heavy (non-hydrogen) atoms. The summed E-state index contributed by atoms with van der Waals surface area (Å²) in [5, 5.41) is 2.98. The molecule has 2 aliphatic heterocycles. The lowest BCUT2D eigenvalue weighted by Gasteiger charge is -2.31. The molecule has 2 aliphatic rings. The van der Waals surface area contributed by atoms with Crippen molar-refractivity contribution >= 4 is 11.8 Å². The summed E-state index contributed by atoms with van der Waals surface area (Å²) in [6.07, 6.45) is 4.45. The van der Waals surface area contributed by atoms with Crippen LogP contribution in [0.5, 0.6) is 0 Å². The first kappa shape index (κ1) is 14.3. The third-order valence-electron chi connectivity index (χ3n) is 4.05. The summed E-state index contributed by atoms with van der Waals surface area (Å²) in [7, 11) is 0. The van der Waals surface area contributed by atoms with Crippen LogP contribution in [0.2, 0.25) is 0 Å². The van der Waals surface area contributed by atoms with Gasteiger partial charge in [-0.05, 0) is 25.7 Å². The normalized spacial score (nSPS) is 24.5. The van der Waals surface area contributed by atoms with E-state index in [1.54, 1.807) is 0 Å². The third-order valence-corrected chi connectivity index (χ3v) is 4.05. The fourth-order valence-electron chi connectivity index (χ4n) is 2.78. The minimum Gasteiger partial charge on any atom is -0.376 e. The molecule has 0 saturated carbocycles. The molecule has 1 unspecified atom stereocenters. The van der Waals surface area contributed by atoms with Gasteiger partial charge in [0.25, 0.3) is 0 Å². The van der Waals surface area contributed by atoms with E-state index in [0.29, 0.717) is 26.1 Å². The maximum Gasteiger partial charge on any atom is 0.223 e. The van der Waals surface area contributed by atoms with Crippen LogP contribution in [0.1, 0.15) is 39.0 Å². The molecular formula is C14H24N2O3. The van der Waals surface area contributed by atoms with Crippen molar-refractivity contribution in [2.45, 2.75) is 45.1 Å². The van der Waals surface area contributed by atoms with Crippen LogP contribution in [0, 0.1) is 5.92 Å². The van der Waals surface area contributed by atoms with Gasteiger partial charge in [0.05, 0.1) is 6.10 Å². The molecule has 5 nitrogen and oxygen atoms in total. The largest absolute Gasteiger partial charge is 0.376 e. The van der Waals surface area contributed by atoms with Crippen LogP contribution in [0.15, 0.2) is 0 Å². The number of amides is 2. The summed E-state index contributed by atoms with van der Waals surface area (Å²) in [4.78, 5) is 25.4. The minimum atomic E-state index is 0.0577. The Labute approximate surface area is 114 Å². The van der Waals surface area contributed by atoms with Crippen molar-refractivity contribution in [2.24, 2.45) is 5.92 Å². The van der Waals surface area contributed by atoms with E-state index >= 15 is 0 Å². The Morgan fingerprint density at radius 1 is 1.26 bits per heavy atom. The van der Waals surface area contributed by atoms with Gasteiger partial charge >= 0.3 is 0 Å². The van der Waals surface area contributed by atoms with Crippen LogP contribution < -0.4 is 5.32 Å². The fourth-order valence-corrected chi connectivity index (χ4v) is 2.78. The first-order valence-electron chi connectivity index (χ1n) is 7.37. The van der Waals surface area contributed by atoms with Gasteiger partial charge in [-0.2, -0.15) is 0 Å². The first-order valence-corrected chi connectivity index (χ1v) is 7.37. The van der Waals surface area contributed by atoms with Crippen LogP contribution in [0.25, 0.3) is 0 Å². The van der Waals surface area contributed by atoms with Crippen molar-refractivity contribution in [1.29, 1.82) is 0 Å². The zero-order valence-corrected chi connectivity index (χ0v) is 11.7. The van der Waals surface area contributed by atoms with Gasteiger partial charge in [-0.15, -0.1) is 0 Å². The summed E-state index contributed by atoms with van der Waals surface area (Å²) in [5.41, 5.74) is 0. The average Bonchev–Trinajstić information content (AvgIpc) is 2.97. The van der Waals surface area contributed by atoms with E-state index in [9.17, 15) is 9.59 Å². The van der Waals surface area contributed by atoms with Gasteiger partial charge in [0.2, 0.25) is 11.8 Å². The molecule has 1 atom stereocenters. The highest BCUT2D eigenvalue weighted by molar-refractivity contribution is 5.80. The van der Waals surface area contributed by atoms with Gasteiger partial charge in [0, 0.05) is 38.6 Å². The fraction of sp³-hybridized carbons (Fsp3) is 0.857. The van der Waals surface area contributed by atoms with Crippen molar-refractivity contribution in [1.82, 2.24) is 10.2 Å². The molecule has 2 amide bonds. The van der Waals surface area contributed by atoms with Crippen LogP contribution in [-0.4, -0.2) is 49.1 Å². The molecule has 0 aliphatic carbocycles. The van der Waals surface area contributed by atoms with E-state index in [1.165, 1.54) is 0 Å². The van der Waals surface area contributed by atoms with Gasteiger partial charge < -0.3 is 15.0 Å². The quantitative estimate of drug-likeness (QED) is 0.825. The topological polar surface area (TPSA) is 58.6 Å². The molecule has 2 fully saturated rings. The van der Waals surface area contributed by atoms with Crippen LogP contribution in [0.3, 0.4) is 0 Å². The van der Waals surface area contributed by atoms with Crippen molar-refractivity contribution in [3.05, 3.63) is 0 Å². The Hall–Kier alpha value is -1.10. The lowest BCUT2D eigenvalue weighted by Crippen LogP contribution is -2.44. The van der Waals surface area contributed by atoms with E-state index < -0.39 is 0 Å². The Morgan fingerprint density at radius 2 is 2.00 bits per heavy atom. The highest BCUT2D eigenvalue weighted by atomic mass is 16.5. The highest BCUT2D eigenvalue weighted by Gasteiger charge is 2.27. The molecule has 1 N–H and O–H groups in total. The van der Waals surface area contributed by atoms with E-state index in [-0.39, 0.29) is 23.8 Å². The van der Waals surface area contributed by atoms with E-state index in [0.717, 1.165) is 32.3 Å². The molecule has 0 spiro atoms. The summed E-state index contributed by atoms with van der Waals surface area (Å²) in [6, 6.07) is 0. The summed E-state index contributed by atoms with van der Waals surface area (Å²) in [5.74, 6) is 0.375. The predicted octanol–water partition coefficient (Wildman–Crippen LogP) is 0.930. The summed E-state index contributed by atoms with van der Waals surface area (Å²) in [6.45, 7) is 4.75. The Balaban J connectivity index is 1.68. The third kappa shape index (κ3) is 3.93. The number of hydrogen-bond acceptors (Lipinski definition) is 3. The number of likely N-dealkylation sites (tertiary alicyclic amines) is 1. The van der Waals surface area contributed by atoms with Gasteiger partial charge in [-0.3, -0.25) is 9.59 Å². The molecule has 0 aromatic carbocycles. The van der Waals surface area contributed by atoms with Gasteiger partial charge in [-0.25, -0.2) is 0 Å². The molecule has 108 valence electrons. The number of carbonyl (C=O) groups is 2. The maximum atomic E-state index is 12.0. The number of carbonyl (C=O) groups excluding carboxylic acids is 2. The molecule has 0 radical (unpaired) electrons. The zero-order valence-electron chi connectivity index (χ0n) is 11.7. The highest BCUT2D eigenvalue weighted by Crippen LogP contribution is 2.18. The van der Waals surface area contributed by atoms with Crippen molar-refractivity contribution in [2.75, 3.05) is 26.2 Å². The van der Waals surface area contributed by atoms with Crippen molar-refractivity contribution in [3.8, 4) is 0 Å². The second-order valence-corrected chi connectivity index (χ2v) is 5.39. The molecule has 2 rings (SSSR count). The lowest BCUT2D eigenvalue weighted by molar-refractivity contribution is -0.135. The van der Waals surface area contributed by atoms with E-state index in [4.69, 9.17) is 4.74 Å². The summed E-state index contributed by atoms with van der Waals surface area (Å²) >= 11 is 0. The van der Waals surface area contributed by atoms with Gasteiger partial charge in [-0.1, -0.05) is 6.92 Å². The van der Waals surface area contributed by atoms with E-state index in [2.05, 4.69) is 5.32 Å². The Kier molecular flexibility index (Phi) is 5.19. The number of piperidine rings is 1. The molecule has 2 heterocycles. The average molecular weight is 268 g/mol. The number of nitrogens with one attached hydrogen (secondary N) is 1. The zero-order chi connectivity index (χ0) is 13.7. The molecule has 5 heteroatoms. The molecule has 0 aromatic rings. The van der Waals surface area contributed by atoms with Gasteiger partial charge in [0.1, 0.15) is 0 Å².